The SMILES string of the molecule is O=C(O)C(=O)O.Oc1ccc2c(c1)OC(CNCCCCc1ccccc1)CC2. The topological polar surface area (TPSA) is 116 Å². The first-order chi connectivity index (χ1) is 14.0. The van der Waals surface area contributed by atoms with Gasteiger partial charge in [0.25, 0.3) is 0 Å². The molecular weight excluding hydrogens is 374 g/mol. The number of hydrogen-bond acceptors (Lipinski definition) is 5. The highest BCUT2D eigenvalue weighted by molar-refractivity contribution is 6.27. The minimum atomic E-state index is -1.82. The number of aryl methyl sites for hydroxylation is 2. The second-order valence-corrected chi connectivity index (χ2v) is 6.83. The molecule has 0 saturated heterocycles. The van der Waals surface area contributed by atoms with Crippen LogP contribution in [0.15, 0.2) is 48.5 Å². The van der Waals surface area contributed by atoms with Gasteiger partial charge in [-0.1, -0.05) is 36.4 Å². The molecule has 1 heterocycles. The number of phenols is 1. The first-order valence-electron chi connectivity index (χ1n) is 9.65. The summed E-state index contributed by atoms with van der Waals surface area (Å²) in [5.41, 5.74) is 2.61. The summed E-state index contributed by atoms with van der Waals surface area (Å²) in [7, 11) is 0. The largest absolute Gasteiger partial charge is 0.508 e. The van der Waals surface area contributed by atoms with E-state index in [1.165, 1.54) is 24.0 Å². The molecule has 0 aromatic heterocycles. The van der Waals surface area contributed by atoms with Crippen molar-refractivity contribution in [3.05, 3.63) is 59.7 Å². The zero-order valence-electron chi connectivity index (χ0n) is 16.2. The van der Waals surface area contributed by atoms with E-state index in [0.29, 0.717) is 0 Å². The van der Waals surface area contributed by atoms with E-state index >= 15 is 0 Å². The molecule has 1 atom stereocenters. The molecule has 29 heavy (non-hydrogen) atoms. The number of aliphatic carboxylic acids is 2. The van der Waals surface area contributed by atoms with Crippen molar-refractivity contribution in [3.63, 3.8) is 0 Å². The molecule has 3 rings (SSSR count). The van der Waals surface area contributed by atoms with Gasteiger partial charge in [0, 0.05) is 12.6 Å². The molecule has 0 saturated carbocycles. The predicted molar refractivity (Wildman–Crippen MR) is 108 cm³/mol. The lowest BCUT2D eigenvalue weighted by Gasteiger charge is -2.26. The number of unbranched alkanes of at least 4 members (excludes halogenated alkanes) is 1. The maximum absolute atomic E-state index is 9.55. The van der Waals surface area contributed by atoms with E-state index in [2.05, 4.69) is 35.6 Å². The summed E-state index contributed by atoms with van der Waals surface area (Å²) in [6, 6.07) is 16.1. The summed E-state index contributed by atoms with van der Waals surface area (Å²) in [6.07, 6.45) is 5.80. The average Bonchev–Trinajstić information content (AvgIpc) is 2.71. The summed E-state index contributed by atoms with van der Waals surface area (Å²) in [6.45, 7) is 1.90. The second-order valence-electron chi connectivity index (χ2n) is 6.83. The van der Waals surface area contributed by atoms with Crippen LogP contribution in [0.25, 0.3) is 0 Å². The van der Waals surface area contributed by atoms with Crippen LogP contribution in [0.3, 0.4) is 0 Å². The van der Waals surface area contributed by atoms with Gasteiger partial charge in [-0.2, -0.15) is 0 Å². The molecule has 156 valence electrons. The highest BCUT2D eigenvalue weighted by atomic mass is 16.5. The van der Waals surface area contributed by atoms with Crippen molar-refractivity contribution in [2.24, 2.45) is 0 Å². The number of carboxylic acids is 2. The number of hydrogen-bond donors (Lipinski definition) is 4. The predicted octanol–water partition coefficient (Wildman–Crippen LogP) is 2.85. The molecule has 0 bridgehead atoms. The fraction of sp³-hybridized carbons (Fsp3) is 0.364. The van der Waals surface area contributed by atoms with Crippen LogP contribution in [0.2, 0.25) is 0 Å². The van der Waals surface area contributed by atoms with Gasteiger partial charge in [-0.25, -0.2) is 9.59 Å². The Labute approximate surface area is 170 Å². The van der Waals surface area contributed by atoms with Crippen molar-refractivity contribution in [1.82, 2.24) is 5.32 Å². The van der Waals surface area contributed by atoms with Crippen molar-refractivity contribution < 1.29 is 29.6 Å². The summed E-state index contributed by atoms with van der Waals surface area (Å²) in [5, 5.41) is 27.8. The fourth-order valence-electron chi connectivity index (χ4n) is 3.05. The average molecular weight is 401 g/mol. The molecule has 0 fully saturated rings. The third-order valence-electron chi connectivity index (χ3n) is 4.55. The van der Waals surface area contributed by atoms with Crippen LogP contribution >= 0.6 is 0 Å². The zero-order chi connectivity index (χ0) is 21.1. The van der Waals surface area contributed by atoms with E-state index in [4.69, 9.17) is 24.5 Å². The molecule has 0 spiro atoms. The van der Waals surface area contributed by atoms with E-state index in [-0.39, 0.29) is 11.9 Å². The van der Waals surface area contributed by atoms with Gasteiger partial charge in [0.1, 0.15) is 17.6 Å². The zero-order valence-corrected chi connectivity index (χ0v) is 16.2. The Morgan fingerprint density at radius 2 is 1.76 bits per heavy atom. The van der Waals surface area contributed by atoms with Crippen LogP contribution in [0, 0.1) is 0 Å². The molecule has 2 aromatic rings. The number of carboxylic acid groups (broad SMARTS) is 2. The number of benzene rings is 2. The lowest BCUT2D eigenvalue weighted by Crippen LogP contribution is -2.34. The van der Waals surface area contributed by atoms with Crippen LogP contribution in [0.1, 0.15) is 30.4 Å². The van der Waals surface area contributed by atoms with Crippen molar-refractivity contribution in [1.29, 1.82) is 0 Å². The van der Waals surface area contributed by atoms with Gasteiger partial charge in [0.05, 0.1) is 0 Å². The smallest absolute Gasteiger partial charge is 0.414 e. The maximum Gasteiger partial charge on any atom is 0.414 e. The van der Waals surface area contributed by atoms with Crippen LogP contribution in [-0.4, -0.2) is 46.5 Å². The van der Waals surface area contributed by atoms with Crippen LogP contribution < -0.4 is 10.1 Å². The van der Waals surface area contributed by atoms with Crippen LogP contribution in [0.5, 0.6) is 11.5 Å². The molecule has 7 nitrogen and oxygen atoms in total. The minimum absolute atomic E-state index is 0.207. The van der Waals surface area contributed by atoms with Crippen molar-refractivity contribution in [2.75, 3.05) is 13.1 Å². The second kappa shape index (κ2) is 11.7. The highest BCUT2D eigenvalue weighted by Crippen LogP contribution is 2.30. The van der Waals surface area contributed by atoms with Crippen molar-refractivity contribution >= 4 is 11.9 Å². The Hall–Kier alpha value is -3.06. The molecule has 1 aliphatic heterocycles. The lowest BCUT2D eigenvalue weighted by molar-refractivity contribution is -0.159. The lowest BCUT2D eigenvalue weighted by atomic mass is 10.0. The van der Waals surface area contributed by atoms with Crippen molar-refractivity contribution in [2.45, 2.75) is 38.2 Å². The summed E-state index contributed by atoms with van der Waals surface area (Å²) < 4.78 is 5.97. The van der Waals surface area contributed by atoms with Crippen molar-refractivity contribution in [3.8, 4) is 11.5 Å². The molecule has 1 unspecified atom stereocenters. The van der Waals surface area contributed by atoms with E-state index in [1.807, 2.05) is 6.07 Å². The molecule has 7 heteroatoms. The molecule has 0 aliphatic carbocycles. The third-order valence-corrected chi connectivity index (χ3v) is 4.55. The maximum atomic E-state index is 9.55. The van der Waals surface area contributed by atoms with Gasteiger partial charge in [0.2, 0.25) is 0 Å². The summed E-state index contributed by atoms with van der Waals surface area (Å²) >= 11 is 0. The fourth-order valence-corrected chi connectivity index (χ4v) is 3.05. The number of aromatic hydroxyl groups is 1. The van der Waals surface area contributed by atoms with Gasteiger partial charge in [-0.05, 0) is 55.8 Å². The quantitative estimate of drug-likeness (QED) is 0.416. The molecule has 4 N–H and O–H groups in total. The van der Waals surface area contributed by atoms with E-state index in [0.717, 1.165) is 38.1 Å². The molecule has 0 amide bonds. The Bertz CT molecular complexity index is 781. The molecule has 0 radical (unpaired) electrons. The van der Waals surface area contributed by atoms with Crippen LogP contribution in [0.4, 0.5) is 0 Å². The Morgan fingerprint density at radius 1 is 1.03 bits per heavy atom. The number of fused-ring (bicyclic) bond motifs is 1. The number of carbonyl (C=O) groups is 2. The third kappa shape index (κ3) is 8.23. The van der Waals surface area contributed by atoms with Gasteiger partial charge in [-0.15, -0.1) is 0 Å². The number of phenolic OH excluding ortho intramolecular Hbond substituents is 1. The monoisotopic (exact) mass is 401 g/mol. The van der Waals surface area contributed by atoms with Gasteiger partial charge in [0.15, 0.2) is 0 Å². The number of nitrogens with one attached hydrogen (secondary N) is 1. The van der Waals surface area contributed by atoms with Crippen LogP contribution in [-0.2, 0) is 22.4 Å². The standard InChI is InChI=1S/C20H25NO2.C2H2O4/c22-18-11-9-17-10-12-19(23-20(17)14-18)15-21-13-5-4-8-16-6-2-1-3-7-16;3-1(4)2(5)6/h1-3,6-7,9,11,14,19,21-22H,4-5,8,10,12-13,15H2;(H,3,4)(H,5,6). The molecular formula is C22H27NO6. The van der Waals surface area contributed by atoms with E-state index in [9.17, 15) is 5.11 Å². The van der Waals surface area contributed by atoms with E-state index in [1.54, 1.807) is 12.1 Å². The Kier molecular flexibility index (Phi) is 8.98. The number of ether oxygens (including phenoxy) is 1. The highest BCUT2D eigenvalue weighted by Gasteiger charge is 2.19. The molecule has 1 aliphatic rings. The Balaban J connectivity index is 0.000000438. The minimum Gasteiger partial charge on any atom is -0.508 e. The normalized spacial score (nSPS) is 14.7. The van der Waals surface area contributed by atoms with Gasteiger partial charge < -0.3 is 25.4 Å². The summed E-state index contributed by atoms with van der Waals surface area (Å²) in [5.74, 6) is -2.53. The summed E-state index contributed by atoms with van der Waals surface area (Å²) in [4.78, 5) is 18.2. The van der Waals surface area contributed by atoms with E-state index < -0.39 is 11.9 Å². The Morgan fingerprint density at radius 3 is 2.45 bits per heavy atom. The van der Waals surface area contributed by atoms with Gasteiger partial charge >= 0.3 is 11.9 Å². The number of rotatable bonds is 7. The first kappa shape index (κ1) is 22.2. The molecule has 2 aromatic carbocycles. The van der Waals surface area contributed by atoms with Gasteiger partial charge in [-0.3, -0.25) is 0 Å². The first-order valence-corrected chi connectivity index (χ1v) is 9.65.